The van der Waals surface area contributed by atoms with Crippen LogP contribution in [0.15, 0.2) is 36.5 Å². The first-order chi connectivity index (χ1) is 18.8. The number of carboxylic acid groups (broad SMARTS) is 1. The van der Waals surface area contributed by atoms with Gasteiger partial charge in [-0.1, -0.05) is 19.4 Å². The van der Waals surface area contributed by atoms with Gasteiger partial charge in [0.15, 0.2) is 11.5 Å². The molecule has 9 heteroatoms. The Morgan fingerprint density at radius 1 is 1.08 bits per heavy atom. The highest BCUT2D eigenvalue weighted by Crippen LogP contribution is 2.43. The topological polar surface area (TPSA) is 87.5 Å². The van der Waals surface area contributed by atoms with E-state index in [9.17, 15) is 14.7 Å². The Morgan fingerprint density at radius 3 is 2.54 bits per heavy atom. The van der Waals surface area contributed by atoms with Crippen molar-refractivity contribution < 1.29 is 24.2 Å². The fourth-order valence-corrected chi connectivity index (χ4v) is 5.95. The van der Waals surface area contributed by atoms with Crippen LogP contribution in [0.2, 0.25) is 0 Å². The molecular formula is C30H44N4O5. The zero-order valence-electron chi connectivity index (χ0n) is 23.8. The predicted octanol–water partition coefficient (Wildman–Crippen LogP) is 3.44. The molecule has 3 atom stereocenters. The summed E-state index contributed by atoms with van der Waals surface area (Å²) in [7, 11) is 6.10. The van der Waals surface area contributed by atoms with Gasteiger partial charge in [-0.3, -0.25) is 14.5 Å². The van der Waals surface area contributed by atoms with E-state index in [-0.39, 0.29) is 31.2 Å². The Hall–Kier alpha value is -3.04. The summed E-state index contributed by atoms with van der Waals surface area (Å²) in [6, 6.07) is 9.55. The number of carbonyl (C=O) groups excluding carboxylic acids is 1. The lowest BCUT2D eigenvalue weighted by molar-refractivity contribution is -0.143. The number of carbonyl (C=O) groups is 2. The Labute approximate surface area is 232 Å². The third-order valence-electron chi connectivity index (χ3n) is 8.11. The van der Waals surface area contributed by atoms with Gasteiger partial charge in [-0.05, 0) is 76.2 Å². The van der Waals surface area contributed by atoms with Crippen LogP contribution in [0.4, 0.5) is 0 Å². The van der Waals surface area contributed by atoms with Gasteiger partial charge in [0.2, 0.25) is 12.7 Å². The molecule has 1 saturated heterocycles. The van der Waals surface area contributed by atoms with Crippen molar-refractivity contribution in [3.05, 3.63) is 47.8 Å². The molecule has 3 unspecified atom stereocenters. The molecule has 1 amide bonds. The maximum absolute atomic E-state index is 13.7. The molecule has 0 saturated carbocycles. The van der Waals surface area contributed by atoms with Crippen molar-refractivity contribution in [2.24, 2.45) is 13.0 Å². The van der Waals surface area contributed by atoms with E-state index in [1.54, 1.807) is 0 Å². The van der Waals surface area contributed by atoms with Gasteiger partial charge in [-0.15, -0.1) is 0 Å². The summed E-state index contributed by atoms with van der Waals surface area (Å²) in [5, 5.41) is 10.5. The average molecular weight is 541 g/mol. The zero-order chi connectivity index (χ0) is 27.9. The number of aliphatic carboxylic acids is 1. The number of amides is 1. The van der Waals surface area contributed by atoms with Crippen LogP contribution in [0.5, 0.6) is 11.5 Å². The Balaban J connectivity index is 1.57. The zero-order valence-corrected chi connectivity index (χ0v) is 23.8. The van der Waals surface area contributed by atoms with Crippen LogP contribution < -0.4 is 9.47 Å². The van der Waals surface area contributed by atoms with Crippen LogP contribution in [0.1, 0.15) is 49.8 Å². The first kappa shape index (κ1) is 29.0. The Morgan fingerprint density at radius 2 is 1.85 bits per heavy atom. The van der Waals surface area contributed by atoms with Gasteiger partial charge in [-0.2, -0.15) is 0 Å². The van der Waals surface area contributed by atoms with Crippen molar-refractivity contribution in [1.82, 2.24) is 19.3 Å². The van der Waals surface area contributed by atoms with Crippen molar-refractivity contribution >= 4 is 11.9 Å². The Bertz CT molecular complexity index is 1120. The van der Waals surface area contributed by atoms with E-state index >= 15 is 0 Å². The molecule has 39 heavy (non-hydrogen) atoms. The van der Waals surface area contributed by atoms with Gasteiger partial charge in [0.1, 0.15) is 0 Å². The molecule has 1 fully saturated rings. The fourth-order valence-electron chi connectivity index (χ4n) is 5.95. The lowest BCUT2D eigenvalue weighted by Gasteiger charge is -2.30. The van der Waals surface area contributed by atoms with Crippen molar-refractivity contribution in [2.75, 3.05) is 53.6 Å². The highest BCUT2D eigenvalue weighted by molar-refractivity contribution is 5.79. The van der Waals surface area contributed by atoms with Crippen molar-refractivity contribution in [2.45, 2.75) is 51.0 Å². The maximum Gasteiger partial charge on any atom is 0.308 e. The minimum atomic E-state index is -0.821. The van der Waals surface area contributed by atoms with Crippen LogP contribution in [-0.4, -0.2) is 95.9 Å². The number of benzene rings is 1. The molecule has 2 aliphatic heterocycles. The lowest BCUT2D eigenvalue weighted by Crippen LogP contribution is -2.45. The molecule has 2 aliphatic rings. The number of nitrogens with zero attached hydrogens (tertiary/aromatic N) is 4. The first-order valence-corrected chi connectivity index (χ1v) is 14.2. The third kappa shape index (κ3) is 7.13. The van der Waals surface area contributed by atoms with Gasteiger partial charge in [-0.25, -0.2) is 0 Å². The molecular weight excluding hydrogens is 496 g/mol. The molecule has 4 rings (SSSR count). The number of carboxylic acids is 1. The predicted molar refractivity (Wildman–Crippen MR) is 150 cm³/mol. The number of likely N-dealkylation sites (tertiary alicyclic amines) is 1. The van der Waals surface area contributed by atoms with E-state index in [0.29, 0.717) is 31.0 Å². The van der Waals surface area contributed by atoms with E-state index in [1.165, 1.54) is 0 Å². The maximum atomic E-state index is 13.7. The van der Waals surface area contributed by atoms with E-state index in [2.05, 4.69) is 27.4 Å². The fraction of sp³-hybridized carbons (Fsp3) is 0.600. The van der Waals surface area contributed by atoms with Gasteiger partial charge >= 0.3 is 5.97 Å². The van der Waals surface area contributed by atoms with E-state index in [0.717, 1.165) is 50.0 Å². The Kier molecular flexibility index (Phi) is 9.91. The van der Waals surface area contributed by atoms with Crippen LogP contribution >= 0.6 is 0 Å². The summed E-state index contributed by atoms with van der Waals surface area (Å²) in [5.74, 6) is -0.282. The molecule has 3 heterocycles. The third-order valence-corrected chi connectivity index (χ3v) is 8.11. The highest BCUT2D eigenvalue weighted by atomic mass is 16.7. The number of aryl methyl sites for hydroxylation is 2. The van der Waals surface area contributed by atoms with Crippen LogP contribution in [0.3, 0.4) is 0 Å². The van der Waals surface area contributed by atoms with Crippen LogP contribution in [0.25, 0.3) is 0 Å². The number of ether oxygens (including phenoxy) is 2. The molecule has 9 nitrogen and oxygen atoms in total. The van der Waals surface area contributed by atoms with E-state index in [4.69, 9.17) is 9.47 Å². The number of aromatic nitrogens is 1. The molecule has 0 aliphatic carbocycles. The number of hydrogen-bond acceptors (Lipinski definition) is 6. The smallest absolute Gasteiger partial charge is 0.308 e. The summed E-state index contributed by atoms with van der Waals surface area (Å²) >= 11 is 0. The second kappa shape index (κ2) is 13.3. The molecule has 1 N–H and O–H groups in total. The number of fused-ring (bicyclic) bond motifs is 1. The summed E-state index contributed by atoms with van der Waals surface area (Å²) < 4.78 is 13.1. The minimum Gasteiger partial charge on any atom is -0.481 e. The standard InChI is InChI=1S/C30H44N4O5/c1-5-6-16-33(17-8-14-31(2)3)28(35)20-34-19-24(22-10-13-26-27(18-22)39-21-38-26)29(30(36)37)25(34)12-11-23-9-7-15-32(23)4/h7,9-10,13,15,18,24-25,29H,5-6,8,11-12,14,16-17,19-21H2,1-4H3,(H,36,37). The van der Waals surface area contributed by atoms with Crippen molar-refractivity contribution in [3.8, 4) is 11.5 Å². The number of unbranched alkanes of at least 4 members (excludes halogenated alkanes) is 1. The van der Waals surface area contributed by atoms with E-state index in [1.807, 2.05) is 56.5 Å². The molecule has 0 spiro atoms. The molecule has 0 radical (unpaired) electrons. The second-order valence-corrected chi connectivity index (χ2v) is 11.1. The highest BCUT2D eigenvalue weighted by Gasteiger charge is 2.47. The van der Waals surface area contributed by atoms with E-state index < -0.39 is 11.9 Å². The molecule has 1 aromatic heterocycles. The van der Waals surface area contributed by atoms with Gasteiger partial charge < -0.3 is 28.9 Å². The second-order valence-electron chi connectivity index (χ2n) is 11.1. The van der Waals surface area contributed by atoms with Gasteiger partial charge in [0.05, 0.1) is 12.5 Å². The monoisotopic (exact) mass is 540 g/mol. The summed E-state index contributed by atoms with van der Waals surface area (Å²) in [6.07, 6.45) is 6.32. The number of rotatable bonds is 14. The molecule has 1 aromatic carbocycles. The number of hydrogen-bond donors (Lipinski definition) is 1. The van der Waals surface area contributed by atoms with Gasteiger partial charge in [0.25, 0.3) is 0 Å². The van der Waals surface area contributed by atoms with Crippen molar-refractivity contribution in [1.29, 1.82) is 0 Å². The average Bonchev–Trinajstić information content (AvgIpc) is 3.62. The van der Waals surface area contributed by atoms with Crippen LogP contribution in [-0.2, 0) is 23.1 Å². The SMILES string of the molecule is CCCCN(CCCN(C)C)C(=O)CN1CC(c2ccc3c(c2)OCO3)C(C(=O)O)C1CCc1cccn1C. The molecule has 2 aromatic rings. The van der Waals surface area contributed by atoms with Crippen LogP contribution in [0, 0.1) is 5.92 Å². The normalized spacial score (nSPS) is 20.6. The largest absolute Gasteiger partial charge is 0.481 e. The first-order valence-electron chi connectivity index (χ1n) is 14.2. The quantitative estimate of drug-likeness (QED) is 0.393. The summed E-state index contributed by atoms with van der Waals surface area (Å²) in [6.45, 7) is 5.43. The summed E-state index contributed by atoms with van der Waals surface area (Å²) in [4.78, 5) is 32.7. The molecule has 214 valence electrons. The van der Waals surface area contributed by atoms with Crippen molar-refractivity contribution in [3.63, 3.8) is 0 Å². The van der Waals surface area contributed by atoms with Gasteiger partial charge in [0, 0.05) is 50.5 Å². The summed E-state index contributed by atoms with van der Waals surface area (Å²) in [5.41, 5.74) is 2.07. The molecule has 0 bridgehead atoms. The minimum absolute atomic E-state index is 0.0848. The lowest BCUT2D eigenvalue weighted by atomic mass is 9.83.